The van der Waals surface area contributed by atoms with Crippen LogP contribution in [0.5, 0.6) is 11.6 Å². The number of carbonyl (C=O) groups is 1. The number of phenols is 1. The summed E-state index contributed by atoms with van der Waals surface area (Å²) in [4.78, 5) is 40.2. The minimum atomic E-state index is -0.108. The van der Waals surface area contributed by atoms with Gasteiger partial charge in [-0.2, -0.15) is 0 Å². The summed E-state index contributed by atoms with van der Waals surface area (Å²) in [6.07, 6.45) is 2.52. The maximum absolute atomic E-state index is 13.7. The molecule has 0 unspecified atom stereocenters. The fourth-order valence-electron chi connectivity index (χ4n) is 5.32. The van der Waals surface area contributed by atoms with E-state index in [1.807, 2.05) is 35.2 Å². The minimum Gasteiger partial charge on any atom is -0.507 e. The van der Waals surface area contributed by atoms with Crippen molar-refractivity contribution in [2.45, 2.75) is 26.4 Å². The van der Waals surface area contributed by atoms with E-state index in [9.17, 15) is 14.7 Å². The average molecular weight is 536 g/mol. The normalized spacial score (nSPS) is 15.1. The standard InChI is InChI=1S/C31H29N5O4/c1-3-19-16-35(18-22-6-4-8-28(38)36(22)17-19)31(39)21-9-11-25-26(15-21)34-29(33-25)24-14-20(10-12-27(24)37)23-7-5-13-32-30(23)40-2/h4-15,19,37H,3,16-18H2,1-2H3,(H,33,34)/t19-/m0/s1. The summed E-state index contributed by atoms with van der Waals surface area (Å²) < 4.78 is 7.19. The van der Waals surface area contributed by atoms with Crippen LogP contribution >= 0.6 is 0 Å². The maximum atomic E-state index is 13.7. The number of carbonyl (C=O) groups excluding carboxylic acids is 1. The van der Waals surface area contributed by atoms with E-state index in [1.165, 1.54) is 0 Å². The molecule has 0 saturated carbocycles. The number of nitrogens with zero attached hydrogens (tertiary/aromatic N) is 4. The lowest BCUT2D eigenvalue weighted by Crippen LogP contribution is -2.33. The molecule has 3 aromatic heterocycles. The Bertz CT molecular complexity index is 1790. The van der Waals surface area contributed by atoms with Crippen LogP contribution in [0.3, 0.4) is 0 Å². The van der Waals surface area contributed by atoms with E-state index >= 15 is 0 Å². The second kappa shape index (κ2) is 10.3. The smallest absolute Gasteiger partial charge is 0.254 e. The van der Waals surface area contributed by atoms with Crippen molar-refractivity contribution in [1.82, 2.24) is 24.4 Å². The zero-order chi connectivity index (χ0) is 27.8. The number of methoxy groups -OCH3 is 1. The van der Waals surface area contributed by atoms with Crippen LogP contribution in [-0.2, 0) is 13.1 Å². The molecule has 2 N–H and O–H groups in total. The van der Waals surface area contributed by atoms with E-state index in [-0.39, 0.29) is 23.1 Å². The summed E-state index contributed by atoms with van der Waals surface area (Å²) in [7, 11) is 1.57. The van der Waals surface area contributed by atoms with Crippen LogP contribution in [0.15, 0.2) is 77.7 Å². The number of nitrogens with one attached hydrogen (secondary N) is 1. The number of fused-ring (bicyclic) bond motifs is 2. The van der Waals surface area contributed by atoms with E-state index in [2.05, 4.69) is 16.9 Å². The summed E-state index contributed by atoms with van der Waals surface area (Å²) in [5.74, 6) is 1.11. The molecule has 0 spiro atoms. The van der Waals surface area contributed by atoms with E-state index in [0.717, 1.165) is 28.8 Å². The molecule has 1 atom stereocenters. The Morgan fingerprint density at radius 2 is 1.95 bits per heavy atom. The fourth-order valence-corrected chi connectivity index (χ4v) is 5.32. The maximum Gasteiger partial charge on any atom is 0.254 e. The molecule has 1 aliphatic heterocycles. The van der Waals surface area contributed by atoms with Gasteiger partial charge in [0.15, 0.2) is 0 Å². The Kier molecular flexibility index (Phi) is 6.55. The van der Waals surface area contributed by atoms with Crippen LogP contribution in [0, 0.1) is 5.92 Å². The van der Waals surface area contributed by atoms with Crippen molar-refractivity contribution < 1.29 is 14.6 Å². The molecule has 0 saturated heterocycles. The highest BCUT2D eigenvalue weighted by molar-refractivity contribution is 5.98. The van der Waals surface area contributed by atoms with Gasteiger partial charge in [0.25, 0.3) is 11.5 Å². The lowest BCUT2D eigenvalue weighted by atomic mass is 10.0. The van der Waals surface area contributed by atoms with Gasteiger partial charge in [-0.15, -0.1) is 0 Å². The molecule has 0 bridgehead atoms. The molecule has 4 heterocycles. The minimum absolute atomic E-state index is 0.0370. The third-order valence-corrected chi connectivity index (χ3v) is 7.53. The molecule has 2 aromatic carbocycles. The molecule has 202 valence electrons. The number of amides is 1. The first kappa shape index (κ1) is 25.4. The van der Waals surface area contributed by atoms with Gasteiger partial charge in [-0.1, -0.05) is 19.1 Å². The lowest BCUT2D eigenvalue weighted by Gasteiger charge is -2.23. The van der Waals surface area contributed by atoms with Gasteiger partial charge in [0.2, 0.25) is 5.88 Å². The molecular formula is C31H29N5O4. The van der Waals surface area contributed by atoms with Gasteiger partial charge in [0.1, 0.15) is 11.6 Å². The zero-order valence-electron chi connectivity index (χ0n) is 22.3. The SMILES string of the molecule is CC[C@H]1CN(C(=O)c2ccc3[nH]c(-c4cc(-c5cccnc5OC)ccc4O)nc3c2)Cc2cccc(=O)n2C1. The van der Waals surface area contributed by atoms with Crippen LogP contribution in [0.4, 0.5) is 0 Å². The van der Waals surface area contributed by atoms with Gasteiger partial charge in [0, 0.05) is 42.2 Å². The number of imidazole rings is 1. The largest absolute Gasteiger partial charge is 0.507 e. The van der Waals surface area contributed by atoms with Crippen molar-refractivity contribution in [3.8, 4) is 34.1 Å². The Hall–Kier alpha value is -4.92. The van der Waals surface area contributed by atoms with Crippen molar-refractivity contribution in [2.24, 2.45) is 5.92 Å². The van der Waals surface area contributed by atoms with Crippen molar-refractivity contribution in [2.75, 3.05) is 13.7 Å². The Morgan fingerprint density at radius 1 is 1.07 bits per heavy atom. The van der Waals surface area contributed by atoms with E-state index in [1.54, 1.807) is 54.3 Å². The predicted octanol–water partition coefficient (Wildman–Crippen LogP) is 4.85. The molecule has 9 nitrogen and oxygen atoms in total. The van der Waals surface area contributed by atoms with Crippen molar-refractivity contribution in [3.05, 3.63) is 94.5 Å². The first-order chi connectivity index (χ1) is 19.4. The van der Waals surface area contributed by atoms with Gasteiger partial charge in [-0.3, -0.25) is 9.59 Å². The fraction of sp³-hybridized carbons (Fsp3) is 0.226. The highest BCUT2D eigenvalue weighted by Gasteiger charge is 2.26. The average Bonchev–Trinajstić information content (AvgIpc) is 3.30. The number of phenolic OH excluding ortho intramolecular Hbond substituents is 1. The van der Waals surface area contributed by atoms with E-state index < -0.39 is 0 Å². The molecule has 6 rings (SSSR count). The first-order valence-electron chi connectivity index (χ1n) is 13.3. The van der Waals surface area contributed by atoms with Crippen LogP contribution < -0.4 is 10.3 Å². The highest BCUT2D eigenvalue weighted by atomic mass is 16.5. The molecule has 0 fully saturated rings. The number of benzene rings is 2. The molecule has 1 amide bonds. The molecule has 40 heavy (non-hydrogen) atoms. The highest BCUT2D eigenvalue weighted by Crippen LogP contribution is 2.36. The summed E-state index contributed by atoms with van der Waals surface area (Å²) in [6, 6.07) is 19.6. The van der Waals surface area contributed by atoms with Crippen LogP contribution in [0.2, 0.25) is 0 Å². The van der Waals surface area contributed by atoms with Gasteiger partial charge in [0.05, 0.1) is 30.3 Å². The molecule has 5 aromatic rings. The summed E-state index contributed by atoms with van der Waals surface area (Å²) >= 11 is 0. The number of aromatic amines is 1. The van der Waals surface area contributed by atoms with Gasteiger partial charge in [-0.25, -0.2) is 9.97 Å². The molecule has 9 heteroatoms. The number of rotatable bonds is 5. The molecule has 0 radical (unpaired) electrons. The topological polar surface area (TPSA) is 113 Å². The van der Waals surface area contributed by atoms with Crippen molar-refractivity contribution in [1.29, 1.82) is 0 Å². The monoisotopic (exact) mass is 535 g/mol. The number of H-pyrrole nitrogens is 1. The van der Waals surface area contributed by atoms with Gasteiger partial charge >= 0.3 is 0 Å². The van der Waals surface area contributed by atoms with Crippen molar-refractivity contribution >= 4 is 16.9 Å². The molecule has 0 aliphatic carbocycles. The van der Waals surface area contributed by atoms with Crippen LogP contribution in [0.25, 0.3) is 33.5 Å². The summed E-state index contributed by atoms with van der Waals surface area (Å²) in [5.41, 5.74) is 4.81. The van der Waals surface area contributed by atoms with Crippen LogP contribution in [-0.4, -0.2) is 49.1 Å². The summed E-state index contributed by atoms with van der Waals surface area (Å²) in [6.45, 7) is 3.62. The number of aromatic hydroxyl groups is 1. The van der Waals surface area contributed by atoms with E-state index in [0.29, 0.717) is 48.0 Å². The molecule has 1 aliphatic rings. The Balaban J connectivity index is 1.33. The summed E-state index contributed by atoms with van der Waals surface area (Å²) in [5, 5.41) is 10.7. The van der Waals surface area contributed by atoms with Crippen LogP contribution in [0.1, 0.15) is 29.4 Å². The second-order valence-electron chi connectivity index (χ2n) is 10.0. The number of hydrogen-bond donors (Lipinski definition) is 2. The second-order valence-corrected chi connectivity index (χ2v) is 10.0. The third-order valence-electron chi connectivity index (χ3n) is 7.53. The van der Waals surface area contributed by atoms with Gasteiger partial charge < -0.3 is 24.3 Å². The lowest BCUT2D eigenvalue weighted by molar-refractivity contribution is 0.0720. The number of aromatic nitrogens is 4. The first-order valence-corrected chi connectivity index (χ1v) is 13.3. The quantitative estimate of drug-likeness (QED) is 0.333. The Morgan fingerprint density at radius 3 is 2.77 bits per heavy atom. The molecular weight excluding hydrogens is 506 g/mol. The van der Waals surface area contributed by atoms with Gasteiger partial charge in [-0.05, 0) is 66.4 Å². The predicted molar refractivity (Wildman–Crippen MR) is 152 cm³/mol. The number of ether oxygens (including phenoxy) is 1. The Labute approximate surface area is 230 Å². The zero-order valence-corrected chi connectivity index (χ0v) is 22.3. The number of hydrogen-bond acceptors (Lipinski definition) is 6. The van der Waals surface area contributed by atoms with Crippen molar-refractivity contribution in [3.63, 3.8) is 0 Å². The van der Waals surface area contributed by atoms with E-state index in [4.69, 9.17) is 9.72 Å². The number of pyridine rings is 2. The third kappa shape index (κ3) is 4.59.